The second kappa shape index (κ2) is 8.77. The van der Waals surface area contributed by atoms with E-state index in [1.807, 2.05) is 49.4 Å². The van der Waals surface area contributed by atoms with Crippen LogP contribution >= 0.6 is 11.3 Å². The first-order valence-electron chi connectivity index (χ1n) is 9.70. The zero-order valence-electron chi connectivity index (χ0n) is 16.8. The van der Waals surface area contributed by atoms with Gasteiger partial charge in [0.15, 0.2) is 11.6 Å². The Hall–Kier alpha value is -3.03. The summed E-state index contributed by atoms with van der Waals surface area (Å²) in [6.45, 7) is 3.76. The van der Waals surface area contributed by atoms with Gasteiger partial charge in [-0.25, -0.2) is 9.37 Å². The van der Waals surface area contributed by atoms with Crippen LogP contribution in [0.3, 0.4) is 0 Å². The lowest BCUT2D eigenvalue weighted by molar-refractivity contribution is 0.264. The molecule has 0 aliphatic rings. The number of H-pyrrole nitrogens is 1. The number of hydrogen-bond donors (Lipinski definition) is 1. The summed E-state index contributed by atoms with van der Waals surface area (Å²) in [5, 5.41) is 0.600. The van der Waals surface area contributed by atoms with Crippen LogP contribution in [0.5, 0.6) is 5.75 Å². The molecule has 0 aliphatic carbocycles. The van der Waals surface area contributed by atoms with Crippen molar-refractivity contribution in [1.82, 2.24) is 14.9 Å². The fourth-order valence-corrected chi connectivity index (χ4v) is 4.41. The maximum Gasteiger partial charge on any atom is 0.259 e. The molecule has 4 aromatic rings. The number of ether oxygens (including phenoxy) is 1. The van der Waals surface area contributed by atoms with Crippen molar-refractivity contribution in [2.24, 2.45) is 0 Å². The highest BCUT2D eigenvalue weighted by Crippen LogP contribution is 2.30. The van der Waals surface area contributed by atoms with Gasteiger partial charge in [0.05, 0.1) is 19.0 Å². The number of thiophene rings is 1. The van der Waals surface area contributed by atoms with E-state index in [1.54, 1.807) is 6.07 Å². The Labute approximate surface area is 177 Å². The van der Waals surface area contributed by atoms with Crippen molar-refractivity contribution in [3.05, 3.63) is 82.2 Å². The lowest BCUT2D eigenvalue weighted by Crippen LogP contribution is -2.25. The molecule has 154 valence electrons. The van der Waals surface area contributed by atoms with Crippen LogP contribution in [0.25, 0.3) is 20.7 Å². The SMILES string of the molecule is CCN(Cc1ccc(OC)c(F)c1)Cc1nc2sc(-c3ccccc3)cc2c(=O)[nH]1. The summed E-state index contributed by atoms with van der Waals surface area (Å²) in [5.74, 6) is 0.445. The standard InChI is InChI=1S/C23H22FN3O2S/c1-3-27(13-15-9-10-19(29-2)18(24)11-15)14-21-25-22(28)17-12-20(30-23(17)26-21)16-7-5-4-6-8-16/h4-12H,3,13-14H2,1-2H3,(H,25,26,28). The molecule has 0 atom stereocenters. The summed E-state index contributed by atoms with van der Waals surface area (Å²) < 4.78 is 19.0. The second-order valence-electron chi connectivity index (χ2n) is 6.98. The Kier molecular flexibility index (Phi) is 5.92. The molecule has 0 unspecified atom stereocenters. The van der Waals surface area contributed by atoms with Gasteiger partial charge in [-0.15, -0.1) is 11.3 Å². The number of rotatable bonds is 7. The van der Waals surface area contributed by atoms with Gasteiger partial charge in [0.2, 0.25) is 0 Å². The van der Waals surface area contributed by atoms with Crippen molar-refractivity contribution in [1.29, 1.82) is 0 Å². The van der Waals surface area contributed by atoms with Gasteiger partial charge in [-0.1, -0.05) is 43.3 Å². The molecular formula is C23H22FN3O2S. The number of nitrogens with zero attached hydrogens (tertiary/aromatic N) is 2. The van der Waals surface area contributed by atoms with Crippen molar-refractivity contribution in [2.45, 2.75) is 20.0 Å². The summed E-state index contributed by atoms with van der Waals surface area (Å²) in [6.07, 6.45) is 0. The van der Waals surface area contributed by atoms with Crippen LogP contribution in [-0.2, 0) is 13.1 Å². The maximum atomic E-state index is 14.0. The van der Waals surface area contributed by atoms with Crippen molar-refractivity contribution < 1.29 is 9.13 Å². The third-order valence-electron chi connectivity index (χ3n) is 4.95. The van der Waals surface area contributed by atoms with Gasteiger partial charge in [0.1, 0.15) is 10.7 Å². The third-order valence-corrected chi connectivity index (χ3v) is 6.03. The molecule has 4 rings (SSSR count). The largest absolute Gasteiger partial charge is 0.494 e. The first-order chi connectivity index (χ1) is 14.6. The first-order valence-corrected chi connectivity index (χ1v) is 10.5. The zero-order valence-corrected chi connectivity index (χ0v) is 17.6. The highest BCUT2D eigenvalue weighted by atomic mass is 32.1. The Morgan fingerprint density at radius 1 is 1.13 bits per heavy atom. The average molecular weight is 424 g/mol. The molecular weight excluding hydrogens is 401 g/mol. The Morgan fingerprint density at radius 3 is 2.63 bits per heavy atom. The zero-order chi connectivity index (χ0) is 21.1. The van der Waals surface area contributed by atoms with Crippen molar-refractivity contribution >= 4 is 21.6 Å². The number of halogens is 1. The fourth-order valence-electron chi connectivity index (χ4n) is 3.35. The van der Waals surface area contributed by atoms with Crippen molar-refractivity contribution in [3.8, 4) is 16.2 Å². The van der Waals surface area contributed by atoms with Crippen LogP contribution in [0.1, 0.15) is 18.3 Å². The molecule has 0 saturated carbocycles. The molecule has 7 heteroatoms. The fraction of sp³-hybridized carbons (Fsp3) is 0.217. The predicted octanol–water partition coefficient (Wildman–Crippen LogP) is 4.82. The summed E-state index contributed by atoms with van der Waals surface area (Å²) in [4.78, 5) is 24.0. The van der Waals surface area contributed by atoms with E-state index < -0.39 is 0 Å². The summed E-state index contributed by atoms with van der Waals surface area (Å²) in [5.41, 5.74) is 1.76. The van der Waals surface area contributed by atoms with E-state index in [0.717, 1.165) is 27.4 Å². The average Bonchev–Trinajstić information content (AvgIpc) is 3.19. The molecule has 2 aromatic heterocycles. The van der Waals surface area contributed by atoms with Crippen LogP contribution in [0.2, 0.25) is 0 Å². The molecule has 0 bridgehead atoms. The minimum absolute atomic E-state index is 0.139. The third kappa shape index (κ3) is 4.27. The van der Waals surface area contributed by atoms with Gasteiger partial charge in [0, 0.05) is 11.4 Å². The minimum atomic E-state index is -0.383. The van der Waals surface area contributed by atoms with E-state index in [1.165, 1.54) is 24.5 Å². The summed E-state index contributed by atoms with van der Waals surface area (Å²) in [6, 6.07) is 16.8. The molecule has 30 heavy (non-hydrogen) atoms. The molecule has 2 aromatic carbocycles. The van der Waals surface area contributed by atoms with E-state index >= 15 is 0 Å². The molecule has 1 N–H and O–H groups in total. The monoisotopic (exact) mass is 423 g/mol. The van der Waals surface area contributed by atoms with Gasteiger partial charge in [-0.2, -0.15) is 0 Å². The van der Waals surface area contributed by atoms with Gasteiger partial charge in [-0.05, 0) is 35.9 Å². The van der Waals surface area contributed by atoms with E-state index in [2.05, 4.69) is 14.9 Å². The van der Waals surface area contributed by atoms with E-state index in [0.29, 0.717) is 24.3 Å². The number of methoxy groups -OCH3 is 1. The molecule has 2 heterocycles. The normalized spacial score (nSPS) is 11.3. The number of aromatic amines is 1. The Balaban J connectivity index is 1.57. The number of nitrogens with one attached hydrogen (secondary N) is 1. The Morgan fingerprint density at radius 2 is 1.93 bits per heavy atom. The number of hydrogen-bond acceptors (Lipinski definition) is 5. The molecule has 5 nitrogen and oxygen atoms in total. The maximum absolute atomic E-state index is 14.0. The van der Waals surface area contributed by atoms with Gasteiger partial charge in [-0.3, -0.25) is 9.69 Å². The molecule has 0 radical (unpaired) electrons. The van der Waals surface area contributed by atoms with E-state index in [-0.39, 0.29) is 17.1 Å². The van der Waals surface area contributed by atoms with Crippen LogP contribution < -0.4 is 10.3 Å². The molecule has 0 spiro atoms. The molecule has 0 amide bonds. The quantitative estimate of drug-likeness (QED) is 0.463. The van der Waals surface area contributed by atoms with Crippen LogP contribution in [0.4, 0.5) is 4.39 Å². The van der Waals surface area contributed by atoms with Crippen LogP contribution in [0, 0.1) is 5.82 Å². The van der Waals surface area contributed by atoms with Crippen LogP contribution in [-0.4, -0.2) is 28.5 Å². The van der Waals surface area contributed by atoms with Gasteiger partial charge < -0.3 is 9.72 Å². The lowest BCUT2D eigenvalue weighted by atomic mass is 10.2. The second-order valence-corrected chi connectivity index (χ2v) is 8.01. The number of benzene rings is 2. The molecule has 0 aliphatic heterocycles. The van der Waals surface area contributed by atoms with E-state index in [9.17, 15) is 9.18 Å². The first kappa shape index (κ1) is 20.3. The van der Waals surface area contributed by atoms with Crippen LogP contribution in [0.15, 0.2) is 59.4 Å². The van der Waals surface area contributed by atoms with E-state index in [4.69, 9.17) is 4.74 Å². The number of aromatic nitrogens is 2. The predicted molar refractivity (Wildman–Crippen MR) is 118 cm³/mol. The molecule has 0 saturated heterocycles. The summed E-state index contributed by atoms with van der Waals surface area (Å²) in [7, 11) is 1.45. The highest BCUT2D eigenvalue weighted by Gasteiger charge is 2.13. The van der Waals surface area contributed by atoms with Crippen molar-refractivity contribution in [3.63, 3.8) is 0 Å². The van der Waals surface area contributed by atoms with Gasteiger partial charge >= 0.3 is 0 Å². The lowest BCUT2D eigenvalue weighted by Gasteiger charge is -2.20. The Bertz CT molecular complexity index is 1220. The molecule has 0 fully saturated rings. The van der Waals surface area contributed by atoms with Crippen molar-refractivity contribution in [2.75, 3.05) is 13.7 Å². The smallest absolute Gasteiger partial charge is 0.259 e. The topological polar surface area (TPSA) is 58.2 Å². The highest BCUT2D eigenvalue weighted by molar-refractivity contribution is 7.21. The summed E-state index contributed by atoms with van der Waals surface area (Å²) >= 11 is 1.51. The minimum Gasteiger partial charge on any atom is -0.494 e. The van der Waals surface area contributed by atoms with Gasteiger partial charge in [0.25, 0.3) is 5.56 Å². The number of fused-ring (bicyclic) bond motifs is 1.